The Labute approximate surface area is 187 Å². The Kier molecular flexibility index (Phi) is 5.89. The number of halogens is 3. The third-order valence-electron chi connectivity index (χ3n) is 5.19. The Balaban J connectivity index is 1.45. The average molecular weight is 480 g/mol. The van der Waals surface area contributed by atoms with Gasteiger partial charge in [-0.15, -0.1) is 0 Å². The normalized spacial score (nSPS) is 14.1. The van der Waals surface area contributed by atoms with Crippen molar-refractivity contribution < 1.29 is 31.1 Å². The summed E-state index contributed by atoms with van der Waals surface area (Å²) in [5.74, 6) is 0.350. The van der Waals surface area contributed by atoms with Gasteiger partial charge < -0.3 is 14.6 Å². The minimum Gasteiger partial charge on any atom is -0.457 e. The molecular weight excluding hydrogens is 461 g/mol. The summed E-state index contributed by atoms with van der Waals surface area (Å²) in [7, 11) is -2.54. The van der Waals surface area contributed by atoms with Gasteiger partial charge in [-0.1, -0.05) is 6.07 Å². The molecule has 0 saturated carbocycles. The fourth-order valence-electron chi connectivity index (χ4n) is 3.42. The lowest BCUT2D eigenvalue weighted by Crippen LogP contribution is -2.36. The number of rotatable bonds is 5. The summed E-state index contributed by atoms with van der Waals surface area (Å²) in [5, 5.41) is -0.337. The first-order chi connectivity index (χ1) is 15.6. The van der Waals surface area contributed by atoms with E-state index in [2.05, 4.69) is 14.7 Å². The molecule has 2 N–H and O–H groups in total. The van der Waals surface area contributed by atoms with Crippen molar-refractivity contribution in [2.45, 2.75) is 24.3 Å². The number of H-pyrrole nitrogens is 1. The number of fused-ring (bicyclic) bond motifs is 1. The van der Waals surface area contributed by atoms with Gasteiger partial charge in [0.2, 0.25) is 5.16 Å². The molecule has 0 bridgehead atoms. The molecule has 2 heterocycles. The van der Waals surface area contributed by atoms with Crippen LogP contribution < -0.4 is 9.46 Å². The molecule has 1 aliphatic rings. The minimum absolute atomic E-state index is 0.00506. The lowest BCUT2D eigenvalue weighted by Gasteiger charge is -2.28. The van der Waals surface area contributed by atoms with Gasteiger partial charge >= 0.3 is 6.18 Å². The molecule has 0 fully saturated rings. The van der Waals surface area contributed by atoms with Gasteiger partial charge in [0.1, 0.15) is 17.2 Å². The van der Waals surface area contributed by atoms with Gasteiger partial charge in [-0.2, -0.15) is 13.2 Å². The van der Waals surface area contributed by atoms with E-state index in [0.29, 0.717) is 25.3 Å². The highest BCUT2D eigenvalue weighted by molar-refractivity contribution is 7.89. The number of aromatic nitrogens is 2. The van der Waals surface area contributed by atoms with Crippen molar-refractivity contribution in [3.8, 4) is 11.5 Å². The number of carbonyl (C=O) groups is 1. The number of hydrogen-bond acceptors (Lipinski definition) is 5. The molecule has 174 valence electrons. The third kappa shape index (κ3) is 4.86. The van der Waals surface area contributed by atoms with Crippen molar-refractivity contribution in [2.75, 3.05) is 13.6 Å². The Morgan fingerprint density at radius 1 is 1.12 bits per heavy atom. The number of ether oxygens (including phenoxy) is 1. The van der Waals surface area contributed by atoms with Crippen molar-refractivity contribution in [2.24, 2.45) is 0 Å². The zero-order valence-corrected chi connectivity index (χ0v) is 18.1. The fourth-order valence-corrected chi connectivity index (χ4v) is 4.05. The summed E-state index contributed by atoms with van der Waals surface area (Å²) in [6.45, 7) is 0.687. The second kappa shape index (κ2) is 8.52. The molecule has 1 aromatic heterocycles. The fraction of sp³-hybridized carbons (Fsp3) is 0.238. The number of sulfonamides is 1. The molecule has 0 aliphatic carbocycles. The largest absolute Gasteiger partial charge is 0.457 e. The Morgan fingerprint density at radius 3 is 2.48 bits per heavy atom. The van der Waals surface area contributed by atoms with Gasteiger partial charge in [-0.05, 0) is 61.0 Å². The monoisotopic (exact) mass is 480 g/mol. The third-order valence-corrected chi connectivity index (χ3v) is 6.45. The summed E-state index contributed by atoms with van der Waals surface area (Å²) < 4.78 is 69.5. The number of nitrogens with zero attached hydrogens (tertiary/aromatic N) is 2. The predicted octanol–water partition coefficient (Wildman–Crippen LogP) is 3.33. The maximum absolute atomic E-state index is 12.8. The van der Waals surface area contributed by atoms with Crippen LogP contribution in [0.1, 0.15) is 27.2 Å². The Morgan fingerprint density at radius 2 is 1.82 bits per heavy atom. The molecule has 2 aromatic carbocycles. The van der Waals surface area contributed by atoms with Gasteiger partial charge in [0, 0.05) is 19.3 Å². The standard InChI is InChI=1S/C21H19F3N4O4S/c1-25-33(30,31)20-26-11-18(27-20)19(29)28-9-8-13-10-17(5-2-14(13)12-28)32-16-6-3-15(4-7-16)21(22,23)24/h2-7,10-11,25H,8-9,12H2,1H3,(H,26,27). The maximum atomic E-state index is 12.8. The summed E-state index contributed by atoms with van der Waals surface area (Å²) in [4.78, 5) is 20.7. The van der Waals surface area contributed by atoms with Gasteiger partial charge in [-0.25, -0.2) is 18.1 Å². The van der Waals surface area contributed by atoms with Gasteiger partial charge in [0.05, 0.1) is 5.56 Å². The first kappa shape index (κ1) is 22.8. The van der Waals surface area contributed by atoms with E-state index in [-0.39, 0.29) is 16.6 Å². The predicted molar refractivity (Wildman–Crippen MR) is 111 cm³/mol. The zero-order chi connectivity index (χ0) is 23.8. The van der Waals surface area contributed by atoms with E-state index in [4.69, 9.17) is 4.74 Å². The number of alkyl halides is 3. The van der Waals surface area contributed by atoms with E-state index < -0.39 is 27.7 Å². The summed E-state index contributed by atoms with van der Waals surface area (Å²) in [6.07, 6.45) is -2.63. The van der Waals surface area contributed by atoms with Crippen LogP contribution in [0.3, 0.4) is 0 Å². The maximum Gasteiger partial charge on any atom is 0.416 e. The van der Waals surface area contributed by atoms with Crippen LogP contribution >= 0.6 is 0 Å². The summed E-state index contributed by atoms with van der Waals surface area (Å²) in [6, 6.07) is 9.69. The molecule has 0 atom stereocenters. The summed E-state index contributed by atoms with van der Waals surface area (Å²) >= 11 is 0. The van der Waals surface area contributed by atoms with Crippen molar-refractivity contribution in [1.82, 2.24) is 19.6 Å². The highest BCUT2D eigenvalue weighted by Crippen LogP contribution is 2.32. The lowest BCUT2D eigenvalue weighted by molar-refractivity contribution is -0.137. The molecule has 8 nitrogen and oxygen atoms in total. The number of carbonyl (C=O) groups excluding carboxylic acids is 1. The van der Waals surface area contributed by atoms with Crippen LogP contribution in [0.5, 0.6) is 11.5 Å². The van der Waals surface area contributed by atoms with Crippen LogP contribution in [-0.4, -0.2) is 42.8 Å². The zero-order valence-electron chi connectivity index (χ0n) is 17.3. The molecule has 4 rings (SSSR count). The van der Waals surface area contributed by atoms with Crippen molar-refractivity contribution >= 4 is 15.9 Å². The number of benzene rings is 2. The molecule has 0 spiro atoms. The van der Waals surface area contributed by atoms with Gasteiger partial charge in [-0.3, -0.25) is 4.79 Å². The number of hydrogen-bond donors (Lipinski definition) is 2. The molecular formula is C21H19F3N4O4S. The smallest absolute Gasteiger partial charge is 0.416 e. The molecule has 1 amide bonds. The first-order valence-corrected chi connectivity index (χ1v) is 11.3. The minimum atomic E-state index is -4.41. The topological polar surface area (TPSA) is 104 Å². The van der Waals surface area contributed by atoms with E-state index in [1.54, 1.807) is 23.1 Å². The molecule has 0 radical (unpaired) electrons. The SMILES string of the molecule is CNS(=O)(=O)c1nc(C(=O)N2CCc3cc(Oc4ccc(C(F)(F)F)cc4)ccc3C2)c[nH]1. The van der Waals surface area contributed by atoms with E-state index in [9.17, 15) is 26.4 Å². The molecule has 1 aliphatic heterocycles. The highest BCUT2D eigenvalue weighted by atomic mass is 32.2. The molecule has 33 heavy (non-hydrogen) atoms. The van der Waals surface area contributed by atoms with E-state index in [1.165, 1.54) is 25.4 Å². The number of nitrogens with one attached hydrogen (secondary N) is 2. The van der Waals surface area contributed by atoms with E-state index in [0.717, 1.165) is 23.3 Å². The Bertz CT molecular complexity index is 1290. The van der Waals surface area contributed by atoms with E-state index in [1.807, 2.05) is 0 Å². The van der Waals surface area contributed by atoms with Gasteiger partial charge in [0.25, 0.3) is 15.9 Å². The average Bonchev–Trinajstić information content (AvgIpc) is 3.29. The van der Waals surface area contributed by atoms with E-state index >= 15 is 0 Å². The van der Waals surface area contributed by atoms with Crippen LogP contribution in [0, 0.1) is 0 Å². The van der Waals surface area contributed by atoms with Gasteiger partial charge in [0.15, 0.2) is 0 Å². The first-order valence-electron chi connectivity index (χ1n) is 9.82. The second-order valence-corrected chi connectivity index (χ2v) is 9.13. The number of imidazole rings is 1. The second-order valence-electron chi connectivity index (χ2n) is 7.33. The molecule has 12 heteroatoms. The number of amides is 1. The van der Waals surface area contributed by atoms with Crippen LogP contribution in [0.2, 0.25) is 0 Å². The summed E-state index contributed by atoms with van der Waals surface area (Å²) in [5.41, 5.74) is 1.07. The molecule has 0 unspecified atom stereocenters. The van der Waals surface area contributed by atoms with Crippen LogP contribution in [0.15, 0.2) is 53.8 Å². The van der Waals surface area contributed by atoms with Crippen molar-refractivity contribution in [3.63, 3.8) is 0 Å². The molecule has 3 aromatic rings. The highest BCUT2D eigenvalue weighted by Gasteiger charge is 2.30. The Hall–Kier alpha value is -3.38. The lowest BCUT2D eigenvalue weighted by atomic mass is 9.99. The van der Waals surface area contributed by atoms with Crippen LogP contribution in [-0.2, 0) is 29.2 Å². The van der Waals surface area contributed by atoms with Crippen LogP contribution in [0.25, 0.3) is 0 Å². The van der Waals surface area contributed by atoms with Crippen molar-refractivity contribution in [1.29, 1.82) is 0 Å². The number of aromatic amines is 1. The molecule has 0 saturated heterocycles. The van der Waals surface area contributed by atoms with Crippen molar-refractivity contribution in [3.05, 3.63) is 71.0 Å². The van der Waals surface area contributed by atoms with Crippen LogP contribution in [0.4, 0.5) is 13.2 Å². The quantitative estimate of drug-likeness (QED) is 0.583.